The summed E-state index contributed by atoms with van der Waals surface area (Å²) in [4.78, 5) is 24.8. The standard InChI is InChI=1S/C2H3N3O6/c1-2(3(6)7,4(8)9)5(10)11/h1H3. The number of hydrogen-bond donors (Lipinski definition) is 0. The maximum Gasteiger partial charge on any atom is 0.696 e. The second-order valence-corrected chi connectivity index (χ2v) is 1.74. The van der Waals surface area contributed by atoms with Gasteiger partial charge in [0.15, 0.2) is 21.7 Å². The molecule has 0 N–H and O–H groups in total. The highest BCUT2D eigenvalue weighted by atomic mass is 16.7. The van der Waals surface area contributed by atoms with Gasteiger partial charge < -0.3 is 0 Å². The molecule has 11 heavy (non-hydrogen) atoms. The van der Waals surface area contributed by atoms with Crippen molar-refractivity contribution in [2.75, 3.05) is 0 Å². The van der Waals surface area contributed by atoms with Gasteiger partial charge >= 0.3 is 5.79 Å². The highest BCUT2D eigenvalue weighted by molar-refractivity contribution is 4.39. The molecule has 0 radical (unpaired) electrons. The Morgan fingerprint density at radius 1 is 0.909 bits per heavy atom. The molecule has 0 bridgehead atoms. The largest absolute Gasteiger partial charge is 0.696 e. The van der Waals surface area contributed by atoms with E-state index in [9.17, 15) is 30.3 Å². The van der Waals surface area contributed by atoms with E-state index in [1.807, 2.05) is 0 Å². The van der Waals surface area contributed by atoms with Crippen LogP contribution in [0.25, 0.3) is 0 Å². The third-order valence-corrected chi connectivity index (χ3v) is 1.04. The Balaban J connectivity index is 4.99. The fraction of sp³-hybridized carbons (Fsp3) is 1.00. The Morgan fingerprint density at radius 3 is 1.09 bits per heavy atom. The van der Waals surface area contributed by atoms with Gasteiger partial charge in [-0.05, 0) is 0 Å². The van der Waals surface area contributed by atoms with Gasteiger partial charge in [-0.1, -0.05) is 0 Å². The van der Waals surface area contributed by atoms with Gasteiger partial charge in [0.2, 0.25) is 0 Å². The van der Waals surface area contributed by atoms with Crippen molar-refractivity contribution in [1.29, 1.82) is 0 Å². The van der Waals surface area contributed by atoms with Gasteiger partial charge in [-0.2, -0.15) is 0 Å². The number of hydrogen-bond acceptors (Lipinski definition) is 6. The third kappa shape index (κ3) is 1.20. The van der Waals surface area contributed by atoms with Crippen molar-refractivity contribution in [3.8, 4) is 0 Å². The molecule has 62 valence electrons. The summed E-state index contributed by atoms with van der Waals surface area (Å²) in [5.74, 6) is -3.33. The molecule has 9 nitrogen and oxygen atoms in total. The molecule has 0 atom stereocenters. The van der Waals surface area contributed by atoms with E-state index in [1.54, 1.807) is 0 Å². The van der Waals surface area contributed by atoms with Gasteiger partial charge in [0.05, 0.1) is 0 Å². The van der Waals surface area contributed by atoms with E-state index in [-0.39, 0.29) is 0 Å². The van der Waals surface area contributed by atoms with E-state index < -0.39 is 20.6 Å². The lowest BCUT2D eigenvalue weighted by atomic mass is 10.5. The molecule has 0 aliphatic rings. The normalized spacial score (nSPS) is 10.6. The maximum absolute atomic E-state index is 9.83. The Labute approximate surface area is 59.1 Å². The van der Waals surface area contributed by atoms with Gasteiger partial charge in [-0.25, -0.2) is 0 Å². The summed E-state index contributed by atoms with van der Waals surface area (Å²) in [5, 5.41) is 29.5. The summed E-state index contributed by atoms with van der Waals surface area (Å²) in [6.07, 6.45) is 0. The first-order valence-corrected chi connectivity index (χ1v) is 2.27. The fourth-order valence-electron chi connectivity index (χ4n) is 0.200. The van der Waals surface area contributed by atoms with E-state index in [0.29, 0.717) is 6.92 Å². The van der Waals surface area contributed by atoms with E-state index >= 15 is 0 Å². The van der Waals surface area contributed by atoms with Gasteiger partial charge in [0, 0.05) is 0 Å². The minimum Gasteiger partial charge on any atom is -0.253 e. The molecular formula is C2H3N3O6. The molecule has 0 aliphatic carbocycles. The van der Waals surface area contributed by atoms with Crippen molar-refractivity contribution in [2.45, 2.75) is 12.7 Å². The zero-order chi connectivity index (χ0) is 9.23. The van der Waals surface area contributed by atoms with E-state index in [2.05, 4.69) is 0 Å². The first-order chi connectivity index (χ1) is 4.83. The molecular weight excluding hydrogens is 162 g/mol. The molecule has 9 heteroatoms. The van der Waals surface area contributed by atoms with Crippen LogP contribution in [0.15, 0.2) is 0 Å². The molecule has 0 aromatic heterocycles. The quantitative estimate of drug-likeness (QED) is 0.314. The zero-order valence-electron chi connectivity index (χ0n) is 5.29. The Hall–Kier alpha value is -1.80. The molecule has 0 aliphatic heterocycles. The molecule has 0 unspecified atom stereocenters. The van der Waals surface area contributed by atoms with Crippen LogP contribution in [0.2, 0.25) is 0 Å². The van der Waals surface area contributed by atoms with Gasteiger partial charge in [-0.3, -0.25) is 30.3 Å². The molecule has 0 spiro atoms. The first-order valence-electron chi connectivity index (χ1n) is 2.27. The van der Waals surface area contributed by atoms with Crippen LogP contribution in [0.4, 0.5) is 0 Å². The summed E-state index contributed by atoms with van der Waals surface area (Å²) in [5.41, 5.74) is 0. The zero-order valence-corrected chi connectivity index (χ0v) is 5.29. The van der Waals surface area contributed by atoms with Crippen molar-refractivity contribution in [1.82, 2.24) is 0 Å². The molecule has 0 saturated heterocycles. The smallest absolute Gasteiger partial charge is 0.253 e. The maximum atomic E-state index is 9.83. The predicted molar refractivity (Wildman–Crippen MR) is 29.4 cm³/mol. The highest BCUT2D eigenvalue weighted by Gasteiger charge is 2.64. The highest BCUT2D eigenvalue weighted by Crippen LogP contribution is 2.09. The minimum atomic E-state index is -3.33. The molecule has 0 heterocycles. The molecule has 0 rings (SSSR count). The summed E-state index contributed by atoms with van der Waals surface area (Å²) in [6, 6.07) is 0. The second kappa shape index (κ2) is 2.44. The Kier molecular flexibility index (Phi) is 2.04. The van der Waals surface area contributed by atoms with Crippen molar-refractivity contribution in [3.63, 3.8) is 0 Å². The Bertz CT molecular complexity index is 186. The third-order valence-electron chi connectivity index (χ3n) is 1.04. The topological polar surface area (TPSA) is 129 Å². The lowest BCUT2D eigenvalue weighted by Crippen LogP contribution is -2.50. The minimum absolute atomic E-state index is 0.312. The van der Waals surface area contributed by atoms with Crippen LogP contribution in [0.5, 0.6) is 0 Å². The van der Waals surface area contributed by atoms with Gasteiger partial charge in [0.1, 0.15) is 0 Å². The van der Waals surface area contributed by atoms with Crippen LogP contribution in [0.1, 0.15) is 6.92 Å². The number of nitrogens with zero attached hydrogens (tertiary/aromatic N) is 3. The lowest BCUT2D eigenvalue weighted by molar-refractivity contribution is -0.965. The number of nitro groups is 3. The second-order valence-electron chi connectivity index (χ2n) is 1.74. The summed E-state index contributed by atoms with van der Waals surface area (Å²) >= 11 is 0. The van der Waals surface area contributed by atoms with E-state index in [4.69, 9.17) is 0 Å². The van der Waals surface area contributed by atoms with Crippen LogP contribution >= 0.6 is 0 Å². The Morgan fingerprint density at radius 2 is 1.09 bits per heavy atom. The van der Waals surface area contributed by atoms with Crippen LogP contribution in [-0.4, -0.2) is 20.6 Å². The molecule has 0 saturated carbocycles. The molecule has 0 aromatic carbocycles. The average Bonchev–Trinajstić information content (AvgIpc) is 1.84. The summed E-state index contributed by atoms with van der Waals surface area (Å²) < 4.78 is 0. The van der Waals surface area contributed by atoms with E-state index in [1.165, 1.54) is 0 Å². The predicted octanol–water partition coefficient (Wildman–Crippen LogP) is -0.510. The van der Waals surface area contributed by atoms with Gasteiger partial charge in [0.25, 0.3) is 0 Å². The van der Waals surface area contributed by atoms with Crippen LogP contribution in [-0.2, 0) is 0 Å². The van der Waals surface area contributed by atoms with Crippen LogP contribution < -0.4 is 0 Å². The average molecular weight is 165 g/mol. The van der Waals surface area contributed by atoms with Crippen molar-refractivity contribution in [3.05, 3.63) is 30.3 Å². The molecule has 0 amide bonds. The van der Waals surface area contributed by atoms with Crippen molar-refractivity contribution < 1.29 is 14.8 Å². The van der Waals surface area contributed by atoms with Crippen LogP contribution in [0.3, 0.4) is 0 Å². The summed E-state index contributed by atoms with van der Waals surface area (Å²) in [6.45, 7) is 0.312. The summed E-state index contributed by atoms with van der Waals surface area (Å²) in [7, 11) is 0. The van der Waals surface area contributed by atoms with E-state index in [0.717, 1.165) is 0 Å². The van der Waals surface area contributed by atoms with Crippen molar-refractivity contribution >= 4 is 0 Å². The molecule has 0 fully saturated rings. The SMILES string of the molecule is CC([N+](=O)[O-])([N+](=O)[O-])[N+](=O)[O-]. The monoisotopic (exact) mass is 165 g/mol. The first kappa shape index (κ1) is 9.20. The lowest BCUT2D eigenvalue weighted by Gasteiger charge is -2.01. The number of rotatable bonds is 3. The van der Waals surface area contributed by atoms with Crippen molar-refractivity contribution in [2.24, 2.45) is 0 Å². The van der Waals surface area contributed by atoms with Gasteiger partial charge in [-0.15, -0.1) is 0 Å². The van der Waals surface area contributed by atoms with Crippen LogP contribution in [0, 0.1) is 30.3 Å². The molecule has 0 aromatic rings. The fourth-order valence-corrected chi connectivity index (χ4v) is 0.200.